The number of nitrogens with zero attached hydrogens (tertiary/aromatic N) is 1. The fourth-order valence-electron chi connectivity index (χ4n) is 6.73. The molecule has 0 bridgehead atoms. The highest BCUT2D eigenvalue weighted by Crippen LogP contribution is 2.53. The summed E-state index contributed by atoms with van der Waals surface area (Å²) in [6.45, 7) is 4.79. The fourth-order valence-corrected chi connectivity index (χ4v) is 6.73. The van der Waals surface area contributed by atoms with Crippen molar-refractivity contribution in [2.75, 3.05) is 0 Å². The van der Waals surface area contributed by atoms with Crippen molar-refractivity contribution in [2.24, 2.45) is 0 Å². The van der Waals surface area contributed by atoms with Gasteiger partial charge in [-0.05, 0) is 74.1 Å². The summed E-state index contributed by atoms with van der Waals surface area (Å²) in [4.78, 5) is 0. The van der Waals surface area contributed by atoms with Crippen LogP contribution in [0.4, 0.5) is 0 Å². The van der Waals surface area contributed by atoms with Gasteiger partial charge >= 0.3 is 0 Å². The summed E-state index contributed by atoms with van der Waals surface area (Å²) in [5.74, 6) is 0. The minimum atomic E-state index is -0.0779. The van der Waals surface area contributed by atoms with Gasteiger partial charge in [0, 0.05) is 21.9 Å². The Morgan fingerprint density at radius 1 is 0.528 bits per heavy atom. The first-order valence-electron chi connectivity index (χ1n) is 12.7. The van der Waals surface area contributed by atoms with E-state index in [1.54, 1.807) is 0 Å². The van der Waals surface area contributed by atoms with E-state index in [4.69, 9.17) is 0 Å². The van der Waals surface area contributed by atoms with Gasteiger partial charge in [0.25, 0.3) is 0 Å². The van der Waals surface area contributed by atoms with Gasteiger partial charge in [0.15, 0.2) is 0 Å². The molecule has 0 saturated carbocycles. The summed E-state index contributed by atoms with van der Waals surface area (Å²) in [6, 6.07) is 42.5. The van der Waals surface area contributed by atoms with Crippen LogP contribution in [0.1, 0.15) is 25.0 Å². The van der Waals surface area contributed by atoms with Crippen LogP contribution >= 0.6 is 0 Å². The van der Waals surface area contributed by atoms with E-state index in [0.29, 0.717) is 0 Å². The zero-order chi connectivity index (χ0) is 24.0. The highest BCUT2D eigenvalue weighted by Gasteiger charge is 2.37. The molecule has 6 aromatic carbocycles. The molecule has 1 aliphatic rings. The van der Waals surface area contributed by atoms with E-state index >= 15 is 0 Å². The Morgan fingerprint density at radius 2 is 1.19 bits per heavy atom. The lowest BCUT2D eigenvalue weighted by Gasteiger charge is -2.23. The molecule has 0 spiro atoms. The minimum Gasteiger partial charge on any atom is -0.309 e. The van der Waals surface area contributed by atoms with E-state index in [1.807, 2.05) is 0 Å². The molecular formula is C35H25N. The highest BCUT2D eigenvalue weighted by molar-refractivity contribution is 6.22. The van der Waals surface area contributed by atoms with Crippen LogP contribution in [0.15, 0.2) is 115 Å². The van der Waals surface area contributed by atoms with Gasteiger partial charge in [-0.3, -0.25) is 0 Å². The van der Waals surface area contributed by atoms with Gasteiger partial charge in [-0.25, -0.2) is 0 Å². The van der Waals surface area contributed by atoms with Crippen molar-refractivity contribution < 1.29 is 0 Å². The average molecular weight is 460 g/mol. The molecule has 0 aliphatic heterocycles. The molecule has 1 heterocycles. The second-order valence-electron chi connectivity index (χ2n) is 10.6. The lowest BCUT2D eigenvalue weighted by Crippen LogP contribution is -2.15. The normalized spacial score (nSPS) is 14.1. The third-order valence-corrected chi connectivity index (χ3v) is 8.33. The monoisotopic (exact) mass is 459 g/mol. The maximum absolute atomic E-state index is 2.49. The van der Waals surface area contributed by atoms with Crippen LogP contribution in [0.5, 0.6) is 0 Å². The number of hydrogen-bond donors (Lipinski definition) is 0. The first-order chi connectivity index (χ1) is 17.6. The quantitative estimate of drug-likeness (QED) is 0.230. The van der Waals surface area contributed by atoms with Crippen molar-refractivity contribution in [1.82, 2.24) is 4.57 Å². The number of aromatic nitrogens is 1. The summed E-state index contributed by atoms with van der Waals surface area (Å²) in [6.07, 6.45) is 0. The zero-order valence-electron chi connectivity index (χ0n) is 20.4. The first-order valence-corrected chi connectivity index (χ1v) is 12.7. The Kier molecular flexibility index (Phi) is 3.79. The van der Waals surface area contributed by atoms with Crippen LogP contribution in [-0.2, 0) is 5.41 Å². The summed E-state index contributed by atoms with van der Waals surface area (Å²) >= 11 is 0. The number of para-hydroxylation sites is 1. The molecule has 0 saturated heterocycles. The van der Waals surface area contributed by atoms with E-state index in [2.05, 4.69) is 134 Å². The average Bonchev–Trinajstić information content (AvgIpc) is 3.37. The third kappa shape index (κ3) is 2.45. The van der Waals surface area contributed by atoms with Crippen molar-refractivity contribution in [3.8, 4) is 16.8 Å². The molecule has 8 rings (SSSR count). The largest absolute Gasteiger partial charge is 0.309 e. The van der Waals surface area contributed by atoms with Crippen molar-refractivity contribution in [1.29, 1.82) is 0 Å². The summed E-state index contributed by atoms with van der Waals surface area (Å²) in [7, 11) is 0. The Balaban J connectivity index is 1.57. The van der Waals surface area contributed by atoms with Gasteiger partial charge in [0.1, 0.15) is 0 Å². The van der Waals surface area contributed by atoms with Gasteiger partial charge in [-0.1, -0.05) is 98.8 Å². The zero-order valence-corrected chi connectivity index (χ0v) is 20.4. The highest BCUT2D eigenvalue weighted by atomic mass is 15.0. The van der Waals surface area contributed by atoms with E-state index in [0.717, 1.165) is 0 Å². The maximum atomic E-state index is 2.49. The van der Waals surface area contributed by atoms with Crippen LogP contribution < -0.4 is 0 Å². The molecular weight excluding hydrogens is 434 g/mol. The van der Waals surface area contributed by atoms with E-state index in [1.165, 1.54) is 71.3 Å². The van der Waals surface area contributed by atoms with Gasteiger partial charge in [0.2, 0.25) is 0 Å². The Morgan fingerprint density at radius 3 is 2.00 bits per heavy atom. The van der Waals surface area contributed by atoms with Crippen LogP contribution in [0.25, 0.3) is 60.2 Å². The molecule has 1 nitrogen and oxygen atoms in total. The summed E-state index contributed by atoms with van der Waals surface area (Å²) < 4.78 is 2.45. The smallest absolute Gasteiger partial charge is 0.0547 e. The molecule has 0 amide bonds. The lowest BCUT2D eigenvalue weighted by molar-refractivity contribution is 0.667. The predicted molar refractivity (Wildman–Crippen MR) is 153 cm³/mol. The molecule has 1 aliphatic carbocycles. The Bertz CT molecular complexity index is 2000. The molecule has 7 aromatic rings. The van der Waals surface area contributed by atoms with Crippen molar-refractivity contribution in [2.45, 2.75) is 19.3 Å². The number of benzene rings is 6. The minimum absolute atomic E-state index is 0.0779. The molecule has 0 fully saturated rings. The van der Waals surface area contributed by atoms with E-state index < -0.39 is 0 Å². The van der Waals surface area contributed by atoms with Crippen molar-refractivity contribution in [3.05, 3.63) is 126 Å². The van der Waals surface area contributed by atoms with Gasteiger partial charge in [0.05, 0.1) is 11.0 Å². The van der Waals surface area contributed by atoms with Crippen molar-refractivity contribution >= 4 is 43.4 Å². The van der Waals surface area contributed by atoms with Gasteiger partial charge in [-0.2, -0.15) is 0 Å². The van der Waals surface area contributed by atoms with Crippen LogP contribution in [0.2, 0.25) is 0 Å². The molecule has 0 radical (unpaired) electrons. The lowest BCUT2D eigenvalue weighted by atomic mass is 9.80. The molecule has 1 heteroatoms. The second-order valence-corrected chi connectivity index (χ2v) is 10.6. The molecule has 0 N–H and O–H groups in total. The number of rotatable bonds is 1. The molecule has 36 heavy (non-hydrogen) atoms. The fraction of sp³-hybridized carbons (Fsp3) is 0.0857. The first kappa shape index (κ1) is 19.9. The molecule has 170 valence electrons. The van der Waals surface area contributed by atoms with Gasteiger partial charge < -0.3 is 4.57 Å². The SMILES string of the molecule is CC1(C)c2cc3c4c5ccccc5ccc4n(-c4ccccc4)c3cc2-c2ccc3ccccc3c21. The predicted octanol–water partition coefficient (Wildman–Crippen LogP) is 9.40. The summed E-state index contributed by atoms with van der Waals surface area (Å²) in [5, 5.41) is 7.94. The third-order valence-electron chi connectivity index (χ3n) is 8.33. The van der Waals surface area contributed by atoms with Crippen molar-refractivity contribution in [3.63, 3.8) is 0 Å². The summed E-state index contributed by atoms with van der Waals surface area (Å²) in [5.41, 5.74) is 9.24. The molecule has 0 unspecified atom stereocenters. The van der Waals surface area contributed by atoms with E-state index in [9.17, 15) is 0 Å². The Hall–Kier alpha value is -4.36. The molecule has 1 aromatic heterocycles. The molecule has 0 atom stereocenters. The van der Waals surface area contributed by atoms with E-state index in [-0.39, 0.29) is 5.41 Å². The van der Waals surface area contributed by atoms with Gasteiger partial charge in [-0.15, -0.1) is 0 Å². The maximum Gasteiger partial charge on any atom is 0.0547 e. The Labute approximate surface area is 210 Å². The van der Waals surface area contributed by atoms with Crippen LogP contribution in [0.3, 0.4) is 0 Å². The number of hydrogen-bond acceptors (Lipinski definition) is 0. The van der Waals surface area contributed by atoms with Crippen LogP contribution in [-0.4, -0.2) is 4.57 Å². The van der Waals surface area contributed by atoms with Crippen LogP contribution in [0, 0.1) is 0 Å². The standard InChI is InChI=1S/C35H25N/c1-35(2)30-20-29-32(21-28(30)27-18-16-23-11-7-9-15-26(23)34(27)35)36(24-12-4-3-5-13-24)31-19-17-22-10-6-8-14-25(22)33(29)31/h3-21H,1-2H3. The number of fused-ring (bicyclic) bond motifs is 10. The second kappa shape index (κ2) is 6.86. The topological polar surface area (TPSA) is 4.93 Å².